The SMILES string of the molecule is CCCC1(C(=O)NC2CCC(=O)NC2)CCCNC1. The van der Waals surface area contributed by atoms with Crippen molar-refractivity contribution in [3.8, 4) is 0 Å². The molecule has 2 fully saturated rings. The zero-order valence-corrected chi connectivity index (χ0v) is 11.8. The molecule has 2 heterocycles. The molecule has 2 atom stereocenters. The van der Waals surface area contributed by atoms with Crippen molar-refractivity contribution in [2.45, 2.75) is 51.5 Å². The van der Waals surface area contributed by atoms with E-state index in [4.69, 9.17) is 0 Å². The molecule has 2 unspecified atom stereocenters. The van der Waals surface area contributed by atoms with Gasteiger partial charge >= 0.3 is 0 Å². The lowest BCUT2D eigenvalue weighted by Crippen LogP contribution is -2.55. The summed E-state index contributed by atoms with van der Waals surface area (Å²) in [6.07, 6.45) is 5.27. The van der Waals surface area contributed by atoms with Crippen molar-refractivity contribution in [2.75, 3.05) is 19.6 Å². The van der Waals surface area contributed by atoms with Gasteiger partial charge in [-0.25, -0.2) is 0 Å². The fraction of sp³-hybridized carbons (Fsp3) is 0.857. The largest absolute Gasteiger partial charge is 0.354 e. The monoisotopic (exact) mass is 267 g/mol. The average Bonchev–Trinajstić information content (AvgIpc) is 2.43. The number of hydrogen-bond donors (Lipinski definition) is 3. The second-order valence-corrected chi connectivity index (χ2v) is 5.82. The van der Waals surface area contributed by atoms with E-state index in [0.717, 1.165) is 45.2 Å². The van der Waals surface area contributed by atoms with Crippen LogP contribution in [0.2, 0.25) is 0 Å². The van der Waals surface area contributed by atoms with Gasteiger partial charge in [0.2, 0.25) is 11.8 Å². The van der Waals surface area contributed by atoms with Gasteiger partial charge in [0.1, 0.15) is 0 Å². The Bertz CT molecular complexity index is 322. The fourth-order valence-electron chi connectivity index (χ4n) is 3.16. The van der Waals surface area contributed by atoms with E-state index in [1.54, 1.807) is 0 Å². The second-order valence-electron chi connectivity index (χ2n) is 5.82. The number of piperidine rings is 2. The maximum Gasteiger partial charge on any atom is 0.227 e. The third-order valence-corrected chi connectivity index (χ3v) is 4.28. The molecular weight excluding hydrogens is 242 g/mol. The molecule has 0 aromatic carbocycles. The van der Waals surface area contributed by atoms with Crippen LogP contribution in [0.15, 0.2) is 0 Å². The van der Waals surface area contributed by atoms with E-state index in [9.17, 15) is 9.59 Å². The van der Waals surface area contributed by atoms with Crippen molar-refractivity contribution in [1.82, 2.24) is 16.0 Å². The number of nitrogens with one attached hydrogen (secondary N) is 3. The number of carbonyl (C=O) groups excluding carboxylic acids is 2. The first kappa shape index (κ1) is 14.3. The van der Waals surface area contributed by atoms with E-state index in [0.29, 0.717) is 13.0 Å². The zero-order chi connectivity index (χ0) is 13.7. The average molecular weight is 267 g/mol. The summed E-state index contributed by atoms with van der Waals surface area (Å²) in [5, 5.41) is 9.31. The van der Waals surface area contributed by atoms with Gasteiger partial charge in [0.15, 0.2) is 0 Å². The highest BCUT2D eigenvalue weighted by atomic mass is 16.2. The molecule has 0 bridgehead atoms. The van der Waals surface area contributed by atoms with Gasteiger partial charge in [-0.1, -0.05) is 13.3 Å². The standard InChI is InChI=1S/C14H25N3O2/c1-2-6-14(7-3-8-15-10-14)13(19)17-11-4-5-12(18)16-9-11/h11,15H,2-10H2,1H3,(H,16,18)(H,17,19). The smallest absolute Gasteiger partial charge is 0.227 e. The van der Waals surface area contributed by atoms with Crippen LogP contribution in [0.5, 0.6) is 0 Å². The molecule has 0 saturated carbocycles. The van der Waals surface area contributed by atoms with Crippen LogP contribution in [0, 0.1) is 5.41 Å². The molecule has 0 radical (unpaired) electrons. The summed E-state index contributed by atoms with van der Waals surface area (Å²) >= 11 is 0. The van der Waals surface area contributed by atoms with E-state index in [-0.39, 0.29) is 23.3 Å². The summed E-state index contributed by atoms with van der Waals surface area (Å²) in [7, 11) is 0. The normalized spacial score (nSPS) is 31.6. The first-order valence-corrected chi connectivity index (χ1v) is 7.45. The molecule has 3 N–H and O–H groups in total. The van der Waals surface area contributed by atoms with E-state index in [1.807, 2.05) is 0 Å². The molecule has 0 aliphatic carbocycles. The quantitative estimate of drug-likeness (QED) is 0.697. The molecule has 2 rings (SSSR count). The highest BCUT2D eigenvalue weighted by Gasteiger charge is 2.39. The first-order chi connectivity index (χ1) is 9.16. The Balaban J connectivity index is 1.93. The van der Waals surface area contributed by atoms with Gasteiger partial charge in [-0.05, 0) is 32.2 Å². The summed E-state index contributed by atoms with van der Waals surface area (Å²) in [5.74, 6) is 0.260. The van der Waals surface area contributed by atoms with Gasteiger partial charge in [-0.15, -0.1) is 0 Å². The fourth-order valence-corrected chi connectivity index (χ4v) is 3.16. The Hall–Kier alpha value is -1.10. The molecule has 2 aliphatic heterocycles. The van der Waals surface area contributed by atoms with Crippen LogP contribution >= 0.6 is 0 Å². The number of carbonyl (C=O) groups is 2. The molecule has 0 aromatic heterocycles. The van der Waals surface area contributed by atoms with Crippen molar-refractivity contribution in [3.05, 3.63) is 0 Å². The van der Waals surface area contributed by atoms with E-state index in [2.05, 4.69) is 22.9 Å². The lowest BCUT2D eigenvalue weighted by Gasteiger charge is -2.38. The summed E-state index contributed by atoms with van der Waals surface area (Å²) in [6.45, 7) is 4.49. The molecule has 108 valence electrons. The number of hydrogen-bond acceptors (Lipinski definition) is 3. The maximum atomic E-state index is 12.6. The van der Waals surface area contributed by atoms with Crippen molar-refractivity contribution < 1.29 is 9.59 Å². The topological polar surface area (TPSA) is 70.2 Å². The Labute approximate surface area is 114 Å². The zero-order valence-electron chi connectivity index (χ0n) is 11.8. The summed E-state index contributed by atoms with van der Waals surface area (Å²) in [5.41, 5.74) is -0.242. The first-order valence-electron chi connectivity index (χ1n) is 7.45. The number of rotatable bonds is 4. The third-order valence-electron chi connectivity index (χ3n) is 4.28. The molecule has 0 spiro atoms. The molecule has 0 aromatic rings. The molecule has 19 heavy (non-hydrogen) atoms. The van der Waals surface area contributed by atoms with Crippen LogP contribution in [-0.2, 0) is 9.59 Å². The highest BCUT2D eigenvalue weighted by molar-refractivity contribution is 5.84. The van der Waals surface area contributed by atoms with Crippen LogP contribution in [0.4, 0.5) is 0 Å². The molecule has 2 amide bonds. The van der Waals surface area contributed by atoms with Crippen molar-refractivity contribution in [3.63, 3.8) is 0 Å². The Morgan fingerprint density at radius 3 is 2.95 bits per heavy atom. The third kappa shape index (κ3) is 3.47. The minimum absolute atomic E-state index is 0.0908. The van der Waals surface area contributed by atoms with Crippen LogP contribution in [0.3, 0.4) is 0 Å². The van der Waals surface area contributed by atoms with Crippen LogP contribution in [-0.4, -0.2) is 37.5 Å². The van der Waals surface area contributed by atoms with Gasteiger partial charge in [0.25, 0.3) is 0 Å². The lowest BCUT2D eigenvalue weighted by atomic mass is 9.76. The molecule has 2 aliphatic rings. The van der Waals surface area contributed by atoms with Gasteiger partial charge in [-0.2, -0.15) is 0 Å². The highest BCUT2D eigenvalue weighted by Crippen LogP contribution is 2.32. The van der Waals surface area contributed by atoms with Crippen LogP contribution in [0.1, 0.15) is 45.4 Å². The molecular formula is C14H25N3O2. The molecule has 2 saturated heterocycles. The van der Waals surface area contributed by atoms with Gasteiger partial charge in [-0.3, -0.25) is 9.59 Å². The van der Waals surface area contributed by atoms with Gasteiger partial charge in [0, 0.05) is 25.6 Å². The second kappa shape index (κ2) is 6.37. The van der Waals surface area contributed by atoms with Crippen molar-refractivity contribution >= 4 is 11.8 Å². The Morgan fingerprint density at radius 2 is 2.37 bits per heavy atom. The lowest BCUT2D eigenvalue weighted by molar-refractivity contribution is -0.134. The van der Waals surface area contributed by atoms with E-state index in [1.165, 1.54) is 0 Å². The van der Waals surface area contributed by atoms with Crippen molar-refractivity contribution in [1.29, 1.82) is 0 Å². The molecule has 5 heteroatoms. The van der Waals surface area contributed by atoms with Crippen LogP contribution < -0.4 is 16.0 Å². The minimum Gasteiger partial charge on any atom is -0.354 e. The number of amides is 2. The summed E-state index contributed by atoms with van der Waals surface area (Å²) < 4.78 is 0. The predicted octanol–water partition coefficient (Wildman–Crippen LogP) is 0.551. The van der Waals surface area contributed by atoms with Gasteiger partial charge < -0.3 is 16.0 Å². The molecule has 5 nitrogen and oxygen atoms in total. The van der Waals surface area contributed by atoms with Crippen molar-refractivity contribution in [2.24, 2.45) is 5.41 Å². The minimum atomic E-state index is -0.242. The Morgan fingerprint density at radius 1 is 1.53 bits per heavy atom. The maximum absolute atomic E-state index is 12.6. The Kier molecular flexibility index (Phi) is 4.80. The van der Waals surface area contributed by atoms with E-state index >= 15 is 0 Å². The van der Waals surface area contributed by atoms with E-state index < -0.39 is 0 Å². The summed E-state index contributed by atoms with van der Waals surface area (Å²) in [6, 6.07) is 0.0980. The van der Waals surface area contributed by atoms with Gasteiger partial charge in [0.05, 0.1) is 5.41 Å². The summed E-state index contributed by atoms with van der Waals surface area (Å²) in [4.78, 5) is 23.7. The predicted molar refractivity (Wildman–Crippen MR) is 73.6 cm³/mol. The van der Waals surface area contributed by atoms with Crippen LogP contribution in [0.25, 0.3) is 0 Å².